The minimum atomic E-state index is -4.98. The number of nitrogens with one attached hydrogen (secondary N) is 1. The lowest BCUT2D eigenvalue weighted by Gasteiger charge is -2.39. The van der Waals surface area contributed by atoms with Gasteiger partial charge in [-0.1, -0.05) is 32.1 Å². The van der Waals surface area contributed by atoms with E-state index in [0.29, 0.717) is 15.9 Å². The number of halogens is 3. The number of nitrogens with zero attached hydrogens (tertiary/aromatic N) is 5. The second kappa shape index (κ2) is 10.5. The second-order valence-corrected chi connectivity index (χ2v) is 11.8. The summed E-state index contributed by atoms with van der Waals surface area (Å²) in [6.45, 7) is -1.03. The van der Waals surface area contributed by atoms with Crippen LogP contribution in [0, 0.1) is 5.92 Å². The van der Waals surface area contributed by atoms with Crippen LogP contribution < -0.4 is 5.32 Å². The number of carbonyl (C=O) groups excluding carboxylic acids is 2. The first-order chi connectivity index (χ1) is 17.0. The lowest BCUT2D eigenvalue weighted by Crippen LogP contribution is -2.58. The van der Waals surface area contributed by atoms with Gasteiger partial charge in [-0.15, -0.1) is 11.3 Å². The van der Waals surface area contributed by atoms with Crippen LogP contribution in [0.4, 0.5) is 18.3 Å². The first-order valence-electron chi connectivity index (χ1n) is 11.6. The molecular weight excluding hydrogens is 521 g/mol. The van der Waals surface area contributed by atoms with Crippen molar-refractivity contribution in [1.29, 1.82) is 0 Å². The van der Waals surface area contributed by atoms with Gasteiger partial charge in [0.1, 0.15) is 10.9 Å². The molecule has 1 saturated carbocycles. The van der Waals surface area contributed by atoms with E-state index in [0.717, 1.165) is 43.0 Å². The highest BCUT2D eigenvalue weighted by Gasteiger charge is 2.45. The molecule has 2 aliphatic rings. The molecule has 36 heavy (non-hydrogen) atoms. The predicted octanol–water partition coefficient (Wildman–Crippen LogP) is 2.71. The van der Waals surface area contributed by atoms with E-state index in [1.165, 1.54) is 23.3 Å². The molecule has 2 amide bonds. The standard InChI is InChI=1S/C21H27F3N6O4S2/c1-28-12-16(18(27-28)21(22,23)24)36(33,34)29-8-9-30(17(31)13-29)15(11-14-5-3-2-4-6-14)19(32)26-20-25-7-10-35-20/h7,10,12,14-15H,2-6,8-9,11,13H2,1H3,(H,25,26,32)/t15-/m0/s1. The Morgan fingerprint density at radius 1 is 1.25 bits per heavy atom. The molecule has 4 rings (SSSR count). The Kier molecular flexibility index (Phi) is 7.71. The monoisotopic (exact) mass is 548 g/mol. The molecule has 1 atom stereocenters. The number of aromatic nitrogens is 3. The quantitative estimate of drug-likeness (QED) is 0.569. The fourth-order valence-corrected chi connectivity index (χ4v) is 6.88. The predicted molar refractivity (Wildman–Crippen MR) is 124 cm³/mol. The van der Waals surface area contributed by atoms with Gasteiger partial charge in [0.05, 0.1) is 6.54 Å². The van der Waals surface area contributed by atoms with Crippen LogP contribution in [0.15, 0.2) is 22.7 Å². The average Bonchev–Trinajstić information content (AvgIpc) is 3.48. The largest absolute Gasteiger partial charge is 0.436 e. The summed E-state index contributed by atoms with van der Waals surface area (Å²) in [6.07, 6.45) is 2.84. The second-order valence-electron chi connectivity index (χ2n) is 9.02. The number of aryl methyl sites for hydroxylation is 1. The van der Waals surface area contributed by atoms with Crippen LogP contribution >= 0.6 is 11.3 Å². The molecule has 1 saturated heterocycles. The molecule has 1 N–H and O–H groups in total. The maximum atomic E-state index is 13.4. The first kappa shape index (κ1) is 26.5. The van der Waals surface area contributed by atoms with Crippen LogP contribution in [-0.2, 0) is 32.8 Å². The lowest BCUT2D eigenvalue weighted by atomic mass is 9.84. The number of carbonyl (C=O) groups is 2. The van der Waals surface area contributed by atoms with E-state index < -0.39 is 51.2 Å². The Balaban J connectivity index is 1.54. The number of thiazole rings is 1. The Morgan fingerprint density at radius 3 is 2.58 bits per heavy atom. The summed E-state index contributed by atoms with van der Waals surface area (Å²) in [6, 6.07) is -0.835. The summed E-state index contributed by atoms with van der Waals surface area (Å²) in [5, 5.41) is 8.08. The molecule has 1 aliphatic carbocycles. The molecule has 0 unspecified atom stereocenters. The van der Waals surface area contributed by atoms with Gasteiger partial charge < -0.3 is 10.2 Å². The SMILES string of the molecule is Cn1cc(S(=O)(=O)N2CCN([C@@H](CC3CCCCC3)C(=O)Nc3nccs3)C(=O)C2)c(C(F)(F)F)n1. The van der Waals surface area contributed by atoms with Crippen LogP contribution in [0.5, 0.6) is 0 Å². The van der Waals surface area contributed by atoms with Crippen molar-refractivity contribution in [1.82, 2.24) is 24.0 Å². The van der Waals surface area contributed by atoms with Crippen molar-refractivity contribution in [2.24, 2.45) is 13.0 Å². The average molecular weight is 549 g/mol. The number of hydrogen-bond donors (Lipinski definition) is 1. The zero-order chi connectivity index (χ0) is 26.1. The number of anilines is 1. The highest BCUT2D eigenvalue weighted by molar-refractivity contribution is 7.89. The van der Waals surface area contributed by atoms with Crippen molar-refractivity contribution in [3.63, 3.8) is 0 Å². The van der Waals surface area contributed by atoms with Gasteiger partial charge in [0.2, 0.25) is 21.8 Å². The van der Waals surface area contributed by atoms with Crippen LogP contribution in [0.3, 0.4) is 0 Å². The van der Waals surface area contributed by atoms with Crippen molar-refractivity contribution < 1.29 is 31.2 Å². The zero-order valence-corrected chi connectivity index (χ0v) is 21.2. The number of hydrogen-bond acceptors (Lipinski definition) is 7. The van der Waals surface area contributed by atoms with Crippen molar-refractivity contribution >= 4 is 38.3 Å². The van der Waals surface area contributed by atoms with Crippen LogP contribution in [0.2, 0.25) is 0 Å². The van der Waals surface area contributed by atoms with E-state index in [4.69, 9.17) is 0 Å². The van der Waals surface area contributed by atoms with Crippen molar-refractivity contribution in [2.75, 3.05) is 25.0 Å². The maximum Gasteiger partial charge on any atom is 0.436 e. The molecular formula is C21H27F3N6O4S2. The Bertz CT molecular complexity index is 1190. The molecule has 10 nitrogen and oxygen atoms in total. The first-order valence-corrected chi connectivity index (χ1v) is 13.9. The third-order valence-corrected chi connectivity index (χ3v) is 9.06. The highest BCUT2D eigenvalue weighted by Crippen LogP contribution is 2.35. The molecule has 0 bridgehead atoms. The van der Waals surface area contributed by atoms with Gasteiger partial charge >= 0.3 is 6.18 Å². The maximum absolute atomic E-state index is 13.4. The molecule has 198 valence electrons. The highest BCUT2D eigenvalue weighted by atomic mass is 32.2. The van der Waals surface area contributed by atoms with E-state index in [1.807, 2.05) is 0 Å². The molecule has 2 aromatic heterocycles. The molecule has 0 radical (unpaired) electrons. The van der Waals surface area contributed by atoms with E-state index in [1.54, 1.807) is 11.6 Å². The van der Waals surface area contributed by atoms with Gasteiger partial charge in [0, 0.05) is 37.9 Å². The normalized spacial score (nSPS) is 19.4. The molecule has 3 heterocycles. The summed E-state index contributed by atoms with van der Waals surface area (Å²) < 4.78 is 67.8. The van der Waals surface area contributed by atoms with E-state index in [-0.39, 0.29) is 19.0 Å². The fraction of sp³-hybridized carbons (Fsp3) is 0.619. The molecule has 0 spiro atoms. The van der Waals surface area contributed by atoms with Gasteiger partial charge in [-0.25, -0.2) is 13.4 Å². The lowest BCUT2D eigenvalue weighted by molar-refractivity contribution is -0.143. The summed E-state index contributed by atoms with van der Waals surface area (Å²) in [5.41, 5.74) is -1.53. The molecule has 2 fully saturated rings. The minimum Gasteiger partial charge on any atom is -0.328 e. The van der Waals surface area contributed by atoms with Crippen LogP contribution in [0.25, 0.3) is 0 Å². The number of amides is 2. The minimum absolute atomic E-state index is 0.123. The molecule has 0 aromatic carbocycles. The molecule has 2 aromatic rings. The Hall–Kier alpha value is -2.52. The van der Waals surface area contributed by atoms with E-state index in [9.17, 15) is 31.2 Å². The zero-order valence-electron chi connectivity index (χ0n) is 19.6. The van der Waals surface area contributed by atoms with Crippen LogP contribution in [0.1, 0.15) is 44.2 Å². The van der Waals surface area contributed by atoms with Gasteiger partial charge in [-0.05, 0) is 12.3 Å². The smallest absolute Gasteiger partial charge is 0.328 e. The fourth-order valence-electron chi connectivity index (χ4n) is 4.78. The number of alkyl halides is 3. The number of piperazine rings is 1. The third-order valence-electron chi connectivity index (χ3n) is 6.53. The third kappa shape index (κ3) is 5.72. The number of rotatable bonds is 7. The Labute approximate surface area is 210 Å². The summed E-state index contributed by atoms with van der Waals surface area (Å²) >= 11 is 1.23. The van der Waals surface area contributed by atoms with Crippen molar-refractivity contribution in [3.8, 4) is 0 Å². The van der Waals surface area contributed by atoms with Gasteiger partial charge in [-0.2, -0.15) is 22.6 Å². The van der Waals surface area contributed by atoms with Gasteiger partial charge in [0.15, 0.2) is 10.8 Å². The van der Waals surface area contributed by atoms with Gasteiger partial charge in [-0.3, -0.25) is 14.3 Å². The number of sulfonamides is 1. The molecule has 1 aliphatic heterocycles. The van der Waals surface area contributed by atoms with E-state index in [2.05, 4.69) is 15.4 Å². The summed E-state index contributed by atoms with van der Waals surface area (Å²) in [5.74, 6) is -0.811. The topological polar surface area (TPSA) is 118 Å². The summed E-state index contributed by atoms with van der Waals surface area (Å²) in [4.78, 5) is 30.7. The van der Waals surface area contributed by atoms with Crippen molar-refractivity contribution in [2.45, 2.75) is 55.6 Å². The van der Waals surface area contributed by atoms with Crippen LogP contribution in [-0.4, -0.2) is 69.9 Å². The van der Waals surface area contributed by atoms with E-state index >= 15 is 0 Å². The molecule has 15 heteroatoms. The Morgan fingerprint density at radius 2 is 1.97 bits per heavy atom. The van der Waals surface area contributed by atoms with Gasteiger partial charge in [0.25, 0.3) is 0 Å². The summed E-state index contributed by atoms with van der Waals surface area (Å²) in [7, 11) is -3.46. The van der Waals surface area contributed by atoms with Crippen molar-refractivity contribution in [3.05, 3.63) is 23.5 Å².